The molecular formula is C14H20O2. The van der Waals surface area contributed by atoms with Gasteiger partial charge in [0, 0.05) is 0 Å². The van der Waals surface area contributed by atoms with Crippen molar-refractivity contribution in [3.8, 4) is 5.75 Å². The van der Waals surface area contributed by atoms with Crippen LogP contribution in [0.2, 0.25) is 0 Å². The van der Waals surface area contributed by atoms with Gasteiger partial charge < -0.3 is 4.74 Å². The van der Waals surface area contributed by atoms with E-state index in [1.54, 1.807) is 6.92 Å². The van der Waals surface area contributed by atoms with Crippen molar-refractivity contribution in [2.45, 2.75) is 46.6 Å². The van der Waals surface area contributed by atoms with Crippen LogP contribution in [0.5, 0.6) is 5.75 Å². The summed E-state index contributed by atoms with van der Waals surface area (Å²) in [6.07, 6.45) is 1.43. The third-order valence-corrected chi connectivity index (χ3v) is 2.60. The number of hydrogen-bond acceptors (Lipinski definition) is 2. The first kappa shape index (κ1) is 12.8. The first-order chi connectivity index (χ1) is 7.54. The molecule has 0 fully saturated rings. The van der Waals surface area contributed by atoms with Crippen molar-refractivity contribution in [1.82, 2.24) is 0 Å². The van der Waals surface area contributed by atoms with E-state index in [1.807, 2.05) is 26.0 Å². The molecule has 1 rings (SSSR count). The van der Waals surface area contributed by atoms with Gasteiger partial charge in [0.25, 0.3) is 0 Å². The molecule has 0 heterocycles. The van der Waals surface area contributed by atoms with Crippen LogP contribution in [0.1, 0.15) is 37.8 Å². The lowest BCUT2D eigenvalue weighted by molar-refractivity contribution is -0.123. The molecule has 2 nitrogen and oxygen atoms in total. The van der Waals surface area contributed by atoms with E-state index in [-0.39, 0.29) is 11.9 Å². The number of rotatable bonds is 5. The van der Waals surface area contributed by atoms with E-state index < -0.39 is 0 Å². The number of ether oxygens (including phenoxy) is 1. The molecule has 0 bridgehead atoms. The van der Waals surface area contributed by atoms with Gasteiger partial charge in [-0.2, -0.15) is 0 Å². The zero-order valence-electron chi connectivity index (χ0n) is 10.5. The van der Waals surface area contributed by atoms with Crippen LogP contribution in [0.3, 0.4) is 0 Å². The molecule has 1 unspecified atom stereocenters. The number of aryl methyl sites for hydroxylation is 2. The van der Waals surface area contributed by atoms with E-state index in [4.69, 9.17) is 4.74 Å². The summed E-state index contributed by atoms with van der Waals surface area (Å²) in [5.74, 6) is 0.918. The molecule has 0 aliphatic carbocycles. The van der Waals surface area contributed by atoms with Crippen molar-refractivity contribution in [2.75, 3.05) is 0 Å². The SMILES string of the molecule is CCCC(Oc1ccc(C)cc1C)C(C)=O. The van der Waals surface area contributed by atoms with Crippen LogP contribution in [0.4, 0.5) is 0 Å². The number of Topliss-reactive ketones (excluding diaryl/α,β-unsaturated/α-hetero) is 1. The Morgan fingerprint density at radius 1 is 1.38 bits per heavy atom. The summed E-state index contributed by atoms with van der Waals surface area (Å²) in [6.45, 7) is 7.70. The van der Waals surface area contributed by atoms with Crippen molar-refractivity contribution < 1.29 is 9.53 Å². The molecule has 0 amide bonds. The van der Waals surface area contributed by atoms with E-state index >= 15 is 0 Å². The molecule has 0 saturated carbocycles. The lowest BCUT2D eigenvalue weighted by atomic mass is 10.1. The topological polar surface area (TPSA) is 26.3 Å². The number of carbonyl (C=O) groups excluding carboxylic acids is 1. The summed E-state index contributed by atoms with van der Waals surface area (Å²) < 4.78 is 5.75. The van der Waals surface area contributed by atoms with Crippen LogP contribution >= 0.6 is 0 Å². The van der Waals surface area contributed by atoms with E-state index in [1.165, 1.54) is 5.56 Å². The maximum Gasteiger partial charge on any atom is 0.170 e. The molecule has 2 heteroatoms. The molecule has 88 valence electrons. The highest BCUT2D eigenvalue weighted by Gasteiger charge is 2.15. The standard InChI is InChI=1S/C14H20O2/c1-5-6-14(12(4)15)16-13-8-7-10(2)9-11(13)3/h7-9,14H,5-6H2,1-4H3. The molecule has 0 aliphatic rings. The van der Waals surface area contributed by atoms with Crippen LogP contribution in [0.15, 0.2) is 18.2 Å². The van der Waals surface area contributed by atoms with Gasteiger partial charge in [0.15, 0.2) is 11.9 Å². The molecular weight excluding hydrogens is 200 g/mol. The Morgan fingerprint density at radius 2 is 2.06 bits per heavy atom. The fourth-order valence-corrected chi connectivity index (χ4v) is 1.69. The lowest BCUT2D eigenvalue weighted by Gasteiger charge is -2.17. The van der Waals surface area contributed by atoms with E-state index in [2.05, 4.69) is 13.0 Å². The normalized spacial score (nSPS) is 12.2. The molecule has 0 saturated heterocycles. The van der Waals surface area contributed by atoms with E-state index in [0.29, 0.717) is 0 Å². The molecule has 1 atom stereocenters. The molecule has 16 heavy (non-hydrogen) atoms. The Morgan fingerprint density at radius 3 is 2.56 bits per heavy atom. The van der Waals surface area contributed by atoms with Gasteiger partial charge in [-0.3, -0.25) is 4.79 Å². The third kappa shape index (κ3) is 3.37. The minimum Gasteiger partial charge on any atom is -0.482 e. The Kier molecular flexibility index (Phi) is 4.53. The minimum absolute atomic E-state index is 0.0989. The molecule has 0 N–H and O–H groups in total. The number of ketones is 1. The van der Waals surface area contributed by atoms with Crippen LogP contribution < -0.4 is 4.74 Å². The minimum atomic E-state index is -0.300. The molecule has 0 aliphatic heterocycles. The first-order valence-corrected chi connectivity index (χ1v) is 5.79. The highest BCUT2D eigenvalue weighted by atomic mass is 16.5. The quantitative estimate of drug-likeness (QED) is 0.759. The second kappa shape index (κ2) is 5.69. The number of carbonyl (C=O) groups is 1. The number of benzene rings is 1. The summed E-state index contributed by atoms with van der Waals surface area (Å²) in [7, 11) is 0. The molecule has 0 radical (unpaired) electrons. The van der Waals surface area contributed by atoms with Crippen molar-refractivity contribution in [1.29, 1.82) is 0 Å². The van der Waals surface area contributed by atoms with E-state index in [9.17, 15) is 4.79 Å². The molecule has 1 aromatic rings. The average molecular weight is 220 g/mol. The maximum atomic E-state index is 11.4. The zero-order valence-corrected chi connectivity index (χ0v) is 10.5. The van der Waals surface area contributed by atoms with Gasteiger partial charge in [-0.1, -0.05) is 31.0 Å². The van der Waals surface area contributed by atoms with Gasteiger partial charge in [-0.05, 0) is 38.8 Å². The van der Waals surface area contributed by atoms with Gasteiger partial charge in [-0.15, -0.1) is 0 Å². The van der Waals surface area contributed by atoms with Crippen LogP contribution in [0, 0.1) is 13.8 Å². The third-order valence-electron chi connectivity index (χ3n) is 2.60. The maximum absolute atomic E-state index is 11.4. The van der Waals surface area contributed by atoms with E-state index in [0.717, 1.165) is 24.2 Å². The largest absolute Gasteiger partial charge is 0.482 e. The Balaban J connectivity index is 2.81. The second-order valence-electron chi connectivity index (χ2n) is 4.27. The van der Waals surface area contributed by atoms with Crippen LogP contribution in [-0.2, 0) is 4.79 Å². The highest BCUT2D eigenvalue weighted by Crippen LogP contribution is 2.21. The van der Waals surface area contributed by atoms with Crippen molar-refractivity contribution in [2.24, 2.45) is 0 Å². The predicted molar refractivity (Wildman–Crippen MR) is 65.9 cm³/mol. The fourth-order valence-electron chi connectivity index (χ4n) is 1.69. The monoisotopic (exact) mass is 220 g/mol. The Hall–Kier alpha value is -1.31. The summed E-state index contributed by atoms with van der Waals surface area (Å²) in [5.41, 5.74) is 2.29. The van der Waals surface area contributed by atoms with Crippen LogP contribution in [-0.4, -0.2) is 11.9 Å². The van der Waals surface area contributed by atoms with Crippen molar-refractivity contribution in [3.05, 3.63) is 29.3 Å². The second-order valence-corrected chi connectivity index (χ2v) is 4.27. The van der Waals surface area contributed by atoms with Gasteiger partial charge in [0.1, 0.15) is 5.75 Å². The summed E-state index contributed by atoms with van der Waals surface area (Å²) in [4.78, 5) is 11.4. The van der Waals surface area contributed by atoms with Gasteiger partial charge in [-0.25, -0.2) is 0 Å². The fraction of sp³-hybridized carbons (Fsp3) is 0.500. The number of hydrogen-bond donors (Lipinski definition) is 0. The van der Waals surface area contributed by atoms with Gasteiger partial charge in [0.2, 0.25) is 0 Å². The average Bonchev–Trinajstić information content (AvgIpc) is 2.20. The predicted octanol–water partition coefficient (Wildman–Crippen LogP) is 3.44. The zero-order chi connectivity index (χ0) is 12.1. The van der Waals surface area contributed by atoms with Crippen molar-refractivity contribution in [3.63, 3.8) is 0 Å². The smallest absolute Gasteiger partial charge is 0.170 e. The first-order valence-electron chi connectivity index (χ1n) is 5.79. The molecule has 0 aromatic heterocycles. The molecule has 0 spiro atoms. The van der Waals surface area contributed by atoms with Crippen molar-refractivity contribution >= 4 is 5.78 Å². The van der Waals surface area contributed by atoms with Gasteiger partial charge >= 0.3 is 0 Å². The summed E-state index contributed by atoms with van der Waals surface area (Å²) in [6, 6.07) is 6.01. The lowest BCUT2D eigenvalue weighted by Crippen LogP contribution is -2.25. The summed E-state index contributed by atoms with van der Waals surface area (Å²) in [5, 5.41) is 0. The molecule has 1 aromatic carbocycles. The van der Waals surface area contributed by atoms with Gasteiger partial charge in [0.05, 0.1) is 0 Å². The highest BCUT2D eigenvalue weighted by molar-refractivity contribution is 5.80. The van der Waals surface area contributed by atoms with Crippen LogP contribution in [0.25, 0.3) is 0 Å². The Labute approximate surface area is 97.6 Å². The Bertz CT molecular complexity index is 369. The summed E-state index contributed by atoms with van der Waals surface area (Å²) >= 11 is 0.